The molecule has 0 atom stereocenters. The van der Waals surface area contributed by atoms with Crippen molar-refractivity contribution in [3.63, 3.8) is 0 Å². The number of hydrogen-bond acceptors (Lipinski definition) is 6. The van der Waals surface area contributed by atoms with E-state index in [-0.39, 0.29) is 11.1 Å². The topological polar surface area (TPSA) is 24.9 Å². The van der Waals surface area contributed by atoms with E-state index < -0.39 is 0 Å². The van der Waals surface area contributed by atoms with Crippen LogP contribution in [0.15, 0.2) is 0 Å². The number of morpholine rings is 2. The molecule has 0 saturated carbocycles. The Kier molecular flexibility index (Phi) is 4.89. The van der Waals surface area contributed by atoms with E-state index in [1.165, 1.54) is 0 Å². The molecular weight excluding hydrogens is 268 g/mol. The molecule has 2 aliphatic rings. The zero-order chi connectivity index (χ0) is 13.2. The highest BCUT2D eigenvalue weighted by Gasteiger charge is 2.35. The van der Waals surface area contributed by atoms with Crippen LogP contribution in [0.5, 0.6) is 0 Å². The summed E-state index contributed by atoms with van der Waals surface area (Å²) in [6.07, 6.45) is 0. The van der Waals surface area contributed by atoms with Gasteiger partial charge in [-0.25, -0.2) is 8.61 Å². The van der Waals surface area contributed by atoms with Crippen molar-refractivity contribution in [2.75, 3.05) is 39.5 Å². The van der Waals surface area contributed by atoms with Crippen molar-refractivity contribution in [3.8, 4) is 0 Å². The second-order valence-electron chi connectivity index (χ2n) is 6.08. The fraction of sp³-hybridized carbons (Fsp3) is 1.00. The zero-order valence-corrected chi connectivity index (χ0v) is 13.4. The molecule has 4 nitrogen and oxygen atoms in total. The summed E-state index contributed by atoms with van der Waals surface area (Å²) in [5, 5.41) is 0. The van der Waals surface area contributed by atoms with Gasteiger partial charge in [0.1, 0.15) is 0 Å². The third kappa shape index (κ3) is 3.55. The van der Waals surface area contributed by atoms with Gasteiger partial charge in [0.05, 0.1) is 26.4 Å². The summed E-state index contributed by atoms with van der Waals surface area (Å²) < 4.78 is 16.0. The predicted octanol–water partition coefficient (Wildman–Crippen LogP) is 2.42. The number of nitrogens with zero attached hydrogens (tertiary/aromatic N) is 2. The van der Waals surface area contributed by atoms with E-state index in [4.69, 9.17) is 9.47 Å². The van der Waals surface area contributed by atoms with E-state index in [1.807, 2.05) is 22.0 Å². The molecule has 2 aliphatic heterocycles. The highest BCUT2D eigenvalue weighted by atomic mass is 33.1. The monoisotopic (exact) mass is 292 g/mol. The first-order chi connectivity index (χ1) is 8.42. The average Bonchev–Trinajstić information content (AvgIpc) is 2.28. The van der Waals surface area contributed by atoms with Crippen LogP contribution >= 0.6 is 22.0 Å². The van der Waals surface area contributed by atoms with Gasteiger partial charge >= 0.3 is 0 Å². The van der Waals surface area contributed by atoms with E-state index in [0.29, 0.717) is 0 Å². The van der Waals surface area contributed by atoms with Crippen LogP contribution in [-0.4, -0.2) is 59.2 Å². The molecule has 2 saturated heterocycles. The maximum Gasteiger partial charge on any atom is 0.0654 e. The number of ether oxygens (including phenoxy) is 2. The summed E-state index contributed by atoms with van der Waals surface area (Å²) in [6.45, 7) is 14.3. The Balaban J connectivity index is 1.86. The van der Waals surface area contributed by atoms with Crippen LogP contribution in [0.1, 0.15) is 27.7 Å². The predicted molar refractivity (Wildman–Crippen MR) is 78.4 cm³/mol. The fourth-order valence-corrected chi connectivity index (χ4v) is 5.15. The smallest absolute Gasteiger partial charge is 0.0654 e. The van der Waals surface area contributed by atoms with Crippen molar-refractivity contribution in [1.82, 2.24) is 8.61 Å². The van der Waals surface area contributed by atoms with Crippen LogP contribution < -0.4 is 0 Å². The minimum atomic E-state index is 0.117. The molecule has 0 aromatic heterocycles. The van der Waals surface area contributed by atoms with Gasteiger partial charge < -0.3 is 9.47 Å². The normalized spacial score (nSPS) is 29.3. The summed E-state index contributed by atoms with van der Waals surface area (Å²) >= 11 is 0. The van der Waals surface area contributed by atoms with Gasteiger partial charge in [-0.1, -0.05) is 0 Å². The highest BCUT2D eigenvalue weighted by Crippen LogP contribution is 2.40. The largest absolute Gasteiger partial charge is 0.378 e. The Morgan fingerprint density at radius 2 is 1.17 bits per heavy atom. The third-order valence-electron chi connectivity index (χ3n) is 3.35. The quantitative estimate of drug-likeness (QED) is 0.585. The third-order valence-corrected chi connectivity index (χ3v) is 6.41. The lowest BCUT2D eigenvalue weighted by molar-refractivity contribution is -0.00426. The molecule has 106 valence electrons. The van der Waals surface area contributed by atoms with Crippen LogP contribution in [0.2, 0.25) is 0 Å². The van der Waals surface area contributed by atoms with Crippen LogP contribution in [0.25, 0.3) is 0 Å². The van der Waals surface area contributed by atoms with Crippen LogP contribution in [0.3, 0.4) is 0 Å². The number of hydrogen-bond donors (Lipinski definition) is 0. The first-order valence-electron chi connectivity index (χ1n) is 6.47. The van der Waals surface area contributed by atoms with Crippen molar-refractivity contribution < 1.29 is 9.47 Å². The molecule has 0 bridgehead atoms. The van der Waals surface area contributed by atoms with E-state index in [2.05, 4.69) is 36.3 Å². The van der Waals surface area contributed by atoms with Crippen LogP contribution in [0.4, 0.5) is 0 Å². The van der Waals surface area contributed by atoms with Gasteiger partial charge in [-0.05, 0) is 27.7 Å². The summed E-state index contributed by atoms with van der Waals surface area (Å²) in [5.41, 5.74) is 0.235. The van der Waals surface area contributed by atoms with Gasteiger partial charge in [0.2, 0.25) is 0 Å². The molecule has 2 heterocycles. The summed E-state index contributed by atoms with van der Waals surface area (Å²) in [6, 6.07) is 0. The van der Waals surface area contributed by atoms with Crippen molar-refractivity contribution >= 4 is 22.0 Å². The maximum absolute atomic E-state index is 5.55. The fourth-order valence-electron chi connectivity index (χ4n) is 2.04. The van der Waals surface area contributed by atoms with Crippen molar-refractivity contribution in [2.24, 2.45) is 0 Å². The van der Waals surface area contributed by atoms with Gasteiger partial charge in [0.15, 0.2) is 0 Å². The Morgan fingerprint density at radius 1 is 0.778 bits per heavy atom. The van der Waals surface area contributed by atoms with Gasteiger partial charge in [0.25, 0.3) is 0 Å². The Bertz CT molecular complexity index is 259. The SMILES string of the molecule is CC1(C)COCCN1SSN1CCOCC1(C)C. The Labute approximate surface area is 118 Å². The molecule has 0 amide bonds. The lowest BCUT2D eigenvalue weighted by Crippen LogP contribution is -2.51. The van der Waals surface area contributed by atoms with E-state index in [9.17, 15) is 0 Å². The van der Waals surface area contributed by atoms with Crippen LogP contribution in [-0.2, 0) is 9.47 Å². The molecule has 0 spiro atoms. The average molecular weight is 292 g/mol. The molecule has 6 heteroatoms. The van der Waals surface area contributed by atoms with Gasteiger partial charge in [-0.2, -0.15) is 0 Å². The van der Waals surface area contributed by atoms with Crippen molar-refractivity contribution in [3.05, 3.63) is 0 Å². The molecule has 2 fully saturated rings. The van der Waals surface area contributed by atoms with Crippen molar-refractivity contribution in [1.29, 1.82) is 0 Å². The van der Waals surface area contributed by atoms with Gasteiger partial charge in [-0.3, -0.25) is 0 Å². The number of rotatable bonds is 3. The molecule has 0 unspecified atom stereocenters. The first-order valence-corrected chi connectivity index (χ1v) is 8.54. The molecule has 0 aromatic rings. The van der Waals surface area contributed by atoms with E-state index in [1.54, 1.807) is 0 Å². The van der Waals surface area contributed by atoms with E-state index in [0.717, 1.165) is 39.5 Å². The summed E-state index contributed by atoms with van der Waals surface area (Å²) in [7, 11) is 3.71. The molecular formula is C12H24N2O2S2. The van der Waals surface area contributed by atoms with Crippen LogP contribution in [0, 0.1) is 0 Å². The molecule has 0 radical (unpaired) electrons. The summed E-state index contributed by atoms with van der Waals surface area (Å²) in [4.78, 5) is 0. The lowest BCUT2D eigenvalue weighted by atomic mass is 10.1. The highest BCUT2D eigenvalue weighted by molar-refractivity contribution is 8.74. The van der Waals surface area contributed by atoms with Gasteiger partial charge in [0, 0.05) is 46.1 Å². The standard InChI is InChI=1S/C12H24N2O2S2/c1-11(2)9-15-7-5-13(11)17-18-14-6-8-16-10-12(14,3)4/h5-10H2,1-4H3. The first kappa shape index (κ1) is 14.9. The Morgan fingerprint density at radius 3 is 1.50 bits per heavy atom. The van der Waals surface area contributed by atoms with Gasteiger partial charge in [-0.15, -0.1) is 0 Å². The summed E-state index contributed by atoms with van der Waals surface area (Å²) in [5.74, 6) is 0. The Hall–Kier alpha value is 0.540. The molecule has 18 heavy (non-hydrogen) atoms. The second-order valence-corrected chi connectivity index (χ2v) is 8.16. The molecule has 0 aromatic carbocycles. The lowest BCUT2D eigenvalue weighted by Gasteiger charge is -2.44. The zero-order valence-electron chi connectivity index (χ0n) is 11.8. The molecule has 0 aliphatic carbocycles. The molecule has 0 N–H and O–H groups in total. The van der Waals surface area contributed by atoms with E-state index >= 15 is 0 Å². The minimum absolute atomic E-state index is 0.117. The molecule has 2 rings (SSSR count). The minimum Gasteiger partial charge on any atom is -0.378 e. The maximum atomic E-state index is 5.55. The van der Waals surface area contributed by atoms with Crippen molar-refractivity contribution in [2.45, 2.75) is 38.8 Å². The second kappa shape index (κ2) is 5.89.